The molecule has 2 aromatic carbocycles. The predicted molar refractivity (Wildman–Crippen MR) is 128 cm³/mol. The lowest BCUT2D eigenvalue weighted by Crippen LogP contribution is -2.32. The Morgan fingerprint density at radius 1 is 0.969 bits per heavy atom. The van der Waals surface area contributed by atoms with Crippen LogP contribution in [-0.2, 0) is 21.4 Å². The molecule has 8 heteroatoms. The van der Waals surface area contributed by atoms with Crippen molar-refractivity contribution in [1.82, 2.24) is 5.32 Å². The van der Waals surface area contributed by atoms with Crippen molar-refractivity contribution in [3.05, 3.63) is 53.1 Å². The second-order valence-electron chi connectivity index (χ2n) is 7.71. The van der Waals surface area contributed by atoms with Crippen LogP contribution in [0.25, 0.3) is 0 Å². The van der Waals surface area contributed by atoms with E-state index in [9.17, 15) is 13.2 Å². The van der Waals surface area contributed by atoms with Crippen molar-refractivity contribution in [3.8, 4) is 11.5 Å². The van der Waals surface area contributed by atoms with Gasteiger partial charge in [0.25, 0.3) is 0 Å². The summed E-state index contributed by atoms with van der Waals surface area (Å²) in [6.07, 6.45) is 1.83. The molecule has 1 N–H and O–H groups in total. The highest BCUT2D eigenvalue weighted by Crippen LogP contribution is 2.28. The number of nitrogens with one attached hydrogen (secondary N) is 1. The number of hydrogen-bond donors (Lipinski definition) is 1. The number of anilines is 1. The van der Waals surface area contributed by atoms with E-state index in [4.69, 9.17) is 9.47 Å². The van der Waals surface area contributed by atoms with Gasteiger partial charge >= 0.3 is 0 Å². The number of rotatable bonds is 12. The van der Waals surface area contributed by atoms with Gasteiger partial charge in [-0.2, -0.15) is 0 Å². The maximum absolute atomic E-state index is 12.3. The van der Waals surface area contributed by atoms with E-state index in [0.717, 1.165) is 16.7 Å². The van der Waals surface area contributed by atoms with Crippen molar-refractivity contribution in [2.45, 2.75) is 47.1 Å². The molecule has 0 saturated carbocycles. The smallest absolute Gasteiger partial charge is 0.232 e. The van der Waals surface area contributed by atoms with Crippen LogP contribution in [0.2, 0.25) is 0 Å². The van der Waals surface area contributed by atoms with Gasteiger partial charge in [0.15, 0.2) is 11.5 Å². The van der Waals surface area contributed by atoms with Gasteiger partial charge in [0, 0.05) is 19.5 Å². The number of benzene rings is 2. The molecule has 0 bridgehead atoms. The Bertz CT molecular complexity index is 1000. The van der Waals surface area contributed by atoms with E-state index in [1.807, 2.05) is 64.1 Å². The van der Waals surface area contributed by atoms with Crippen molar-refractivity contribution < 1.29 is 22.7 Å². The van der Waals surface area contributed by atoms with E-state index in [1.54, 1.807) is 0 Å². The molecule has 0 aliphatic carbocycles. The molecule has 2 rings (SSSR count). The highest BCUT2D eigenvalue weighted by atomic mass is 32.2. The van der Waals surface area contributed by atoms with E-state index in [0.29, 0.717) is 43.4 Å². The van der Waals surface area contributed by atoms with E-state index >= 15 is 0 Å². The minimum atomic E-state index is -3.45. The monoisotopic (exact) mass is 462 g/mol. The number of carbonyl (C=O) groups is 1. The van der Waals surface area contributed by atoms with E-state index in [2.05, 4.69) is 5.32 Å². The van der Waals surface area contributed by atoms with Gasteiger partial charge in [-0.3, -0.25) is 9.10 Å². The highest BCUT2D eigenvalue weighted by Gasteiger charge is 2.18. The molecular weight excluding hydrogens is 428 g/mol. The Hall–Kier alpha value is -2.74. The number of ether oxygens (including phenoxy) is 2. The standard InChI is InChI=1S/C24H34N2O5S/c1-6-30-22-11-10-20(16-23(22)31-7-2)17-25-24(27)9-8-12-26(32(5,28)29)21-14-18(3)13-19(4)15-21/h10-11,13-16H,6-9,12,17H2,1-5H3,(H,25,27). The van der Waals surface area contributed by atoms with Crippen molar-refractivity contribution in [2.75, 3.05) is 30.3 Å². The molecule has 0 saturated heterocycles. The summed E-state index contributed by atoms with van der Waals surface area (Å²) in [5, 5.41) is 2.89. The largest absolute Gasteiger partial charge is 0.490 e. The lowest BCUT2D eigenvalue weighted by atomic mass is 10.1. The molecule has 0 aliphatic rings. The van der Waals surface area contributed by atoms with Gasteiger partial charge in [0.05, 0.1) is 25.2 Å². The molecule has 2 aromatic rings. The third-order valence-corrected chi connectivity index (χ3v) is 5.95. The van der Waals surface area contributed by atoms with Crippen molar-refractivity contribution in [1.29, 1.82) is 0 Å². The molecule has 0 atom stereocenters. The Labute approximate surface area is 191 Å². The summed E-state index contributed by atoms with van der Waals surface area (Å²) in [4.78, 5) is 12.3. The van der Waals surface area contributed by atoms with Crippen LogP contribution in [0.5, 0.6) is 11.5 Å². The van der Waals surface area contributed by atoms with Gasteiger partial charge in [-0.1, -0.05) is 12.1 Å². The van der Waals surface area contributed by atoms with Gasteiger partial charge in [0.2, 0.25) is 15.9 Å². The molecule has 0 aliphatic heterocycles. The fourth-order valence-electron chi connectivity index (χ4n) is 3.46. The fourth-order valence-corrected chi connectivity index (χ4v) is 4.41. The Morgan fingerprint density at radius 2 is 1.59 bits per heavy atom. The van der Waals surface area contributed by atoms with Crippen molar-refractivity contribution >= 4 is 21.6 Å². The van der Waals surface area contributed by atoms with Crippen LogP contribution in [0.4, 0.5) is 5.69 Å². The molecule has 0 fully saturated rings. The first-order chi connectivity index (χ1) is 15.1. The van der Waals surface area contributed by atoms with Crippen molar-refractivity contribution in [3.63, 3.8) is 0 Å². The number of carbonyl (C=O) groups excluding carboxylic acids is 1. The van der Waals surface area contributed by atoms with Gasteiger partial charge in [-0.15, -0.1) is 0 Å². The molecular formula is C24H34N2O5S. The Kier molecular flexibility index (Phi) is 9.38. The maximum atomic E-state index is 12.3. The molecule has 0 aromatic heterocycles. The fraction of sp³-hybridized carbons (Fsp3) is 0.458. The summed E-state index contributed by atoms with van der Waals surface area (Å²) in [7, 11) is -3.45. The Morgan fingerprint density at radius 3 is 2.19 bits per heavy atom. The quantitative estimate of drug-likeness (QED) is 0.516. The lowest BCUT2D eigenvalue weighted by molar-refractivity contribution is -0.121. The zero-order valence-corrected chi connectivity index (χ0v) is 20.4. The summed E-state index contributed by atoms with van der Waals surface area (Å²) in [6, 6.07) is 11.3. The van der Waals surface area contributed by atoms with E-state index in [1.165, 1.54) is 10.6 Å². The molecule has 32 heavy (non-hydrogen) atoms. The first kappa shape index (κ1) is 25.5. The Balaban J connectivity index is 1.93. The van der Waals surface area contributed by atoms with Crippen LogP contribution in [0, 0.1) is 13.8 Å². The maximum Gasteiger partial charge on any atom is 0.232 e. The SMILES string of the molecule is CCOc1ccc(CNC(=O)CCCN(c2cc(C)cc(C)c2)S(C)(=O)=O)cc1OCC. The van der Waals surface area contributed by atoms with Crippen LogP contribution in [-0.4, -0.2) is 40.3 Å². The highest BCUT2D eigenvalue weighted by molar-refractivity contribution is 7.92. The molecule has 7 nitrogen and oxygen atoms in total. The van der Waals surface area contributed by atoms with Crippen LogP contribution in [0.1, 0.15) is 43.4 Å². The van der Waals surface area contributed by atoms with Crippen molar-refractivity contribution in [2.24, 2.45) is 0 Å². The van der Waals surface area contributed by atoms with Crippen LogP contribution < -0.4 is 19.1 Å². The van der Waals surface area contributed by atoms with Crippen LogP contribution >= 0.6 is 0 Å². The zero-order valence-electron chi connectivity index (χ0n) is 19.6. The van der Waals surface area contributed by atoms with Gasteiger partial charge in [-0.05, 0) is 75.1 Å². The third-order valence-electron chi connectivity index (χ3n) is 4.76. The third kappa shape index (κ3) is 7.75. The van der Waals surface area contributed by atoms with Gasteiger partial charge in [-0.25, -0.2) is 8.42 Å². The minimum absolute atomic E-state index is 0.134. The summed E-state index contributed by atoms with van der Waals surface area (Å²) < 4.78 is 37.1. The first-order valence-electron chi connectivity index (χ1n) is 10.8. The normalized spacial score (nSPS) is 11.2. The molecule has 0 unspecified atom stereocenters. The topological polar surface area (TPSA) is 84.9 Å². The molecule has 0 heterocycles. The van der Waals surface area contributed by atoms with Crippen LogP contribution in [0.3, 0.4) is 0 Å². The first-order valence-corrected chi connectivity index (χ1v) is 12.7. The lowest BCUT2D eigenvalue weighted by Gasteiger charge is -2.23. The minimum Gasteiger partial charge on any atom is -0.490 e. The van der Waals surface area contributed by atoms with Crippen LogP contribution in [0.15, 0.2) is 36.4 Å². The summed E-state index contributed by atoms with van der Waals surface area (Å²) in [5.41, 5.74) is 3.52. The second-order valence-corrected chi connectivity index (χ2v) is 9.62. The van der Waals surface area contributed by atoms with E-state index in [-0.39, 0.29) is 18.9 Å². The number of aryl methyl sites for hydroxylation is 2. The van der Waals surface area contributed by atoms with Gasteiger partial charge in [0.1, 0.15) is 0 Å². The summed E-state index contributed by atoms with van der Waals surface area (Å²) in [5.74, 6) is 1.20. The van der Waals surface area contributed by atoms with E-state index < -0.39 is 10.0 Å². The number of nitrogens with zero attached hydrogens (tertiary/aromatic N) is 1. The average Bonchev–Trinajstić information content (AvgIpc) is 2.70. The number of amides is 1. The molecule has 1 amide bonds. The molecule has 0 spiro atoms. The number of hydrogen-bond acceptors (Lipinski definition) is 5. The second kappa shape index (κ2) is 11.8. The summed E-state index contributed by atoms with van der Waals surface area (Å²) in [6.45, 7) is 9.35. The molecule has 0 radical (unpaired) electrons. The van der Waals surface area contributed by atoms with Gasteiger partial charge < -0.3 is 14.8 Å². The number of sulfonamides is 1. The predicted octanol–water partition coefficient (Wildman–Crippen LogP) is 3.96. The average molecular weight is 463 g/mol. The zero-order chi connectivity index (χ0) is 23.7. The molecule has 176 valence electrons. The summed E-state index contributed by atoms with van der Waals surface area (Å²) >= 11 is 0.